The Labute approximate surface area is 143 Å². The van der Waals surface area contributed by atoms with Crippen LogP contribution in [0.2, 0.25) is 0 Å². The molecule has 1 amide bonds. The molecule has 1 aliphatic heterocycles. The highest BCUT2D eigenvalue weighted by Crippen LogP contribution is 2.30. The van der Waals surface area contributed by atoms with E-state index in [9.17, 15) is 9.18 Å². The number of rotatable bonds is 2. The maximum atomic E-state index is 13.2. The van der Waals surface area contributed by atoms with E-state index in [1.54, 1.807) is 16.2 Å². The van der Waals surface area contributed by atoms with Crippen molar-refractivity contribution in [3.63, 3.8) is 0 Å². The Kier molecular flexibility index (Phi) is 4.02. The average molecular weight is 340 g/mol. The fraction of sp³-hybridized carbons (Fsp3) is 0.263. The lowest BCUT2D eigenvalue weighted by molar-refractivity contribution is 0.0667. The van der Waals surface area contributed by atoms with E-state index in [0.717, 1.165) is 20.8 Å². The van der Waals surface area contributed by atoms with Gasteiger partial charge in [-0.15, -0.1) is 11.3 Å². The van der Waals surface area contributed by atoms with Crippen LogP contribution in [-0.4, -0.2) is 35.1 Å². The van der Waals surface area contributed by atoms with Gasteiger partial charge in [-0.2, -0.15) is 0 Å². The number of thiazole rings is 1. The zero-order chi connectivity index (χ0) is 16.5. The van der Waals surface area contributed by atoms with Crippen LogP contribution in [0.3, 0.4) is 0 Å². The van der Waals surface area contributed by atoms with Gasteiger partial charge in [0, 0.05) is 24.2 Å². The third kappa shape index (κ3) is 2.91. The second-order valence-corrected chi connectivity index (χ2v) is 7.06. The fourth-order valence-corrected chi connectivity index (χ4v) is 3.96. The first-order chi connectivity index (χ1) is 11.7. The first-order valence-corrected chi connectivity index (χ1v) is 8.92. The molecule has 0 N–H and O–H groups in total. The monoisotopic (exact) mass is 340 g/mol. The number of nitrogens with zero attached hydrogens (tertiary/aromatic N) is 2. The van der Waals surface area contributed by atoms with Crippen LogP contribution < -0.4 is 0 Å². The molecular weight excluding hydrogens is 323 g/mol. The molecule has 0 aliphatic carbocycles. The second-order valence-electron chi connectivity index (χ2n) is 6.03. The highest BCUT2D eigenvalue weighted by Gasteiger charge is 2.23. The van der Waals surface area contributed by atoms with E-state index in [1.165, 1.54) is 0 Å². The molecule has 3 nitrogen and oxygen atoms in total. The van der Waals surface area contributed by atoms with E-state index in [2.05, 4.69) is 11.1 Å². The van der Waals surface area contributed by atoms with Crippen molar-refractivity contribution in [2.45, 2.75) is 19.0 Å². The number of hydrogen-bond donors (Lipinski definition) is 0. The van der Waals surface area contributed by atoms with Crippen LogP contribution in [0.15, 0.2) is 48.5 Å². The fourth-order valence-electron chi connectivity index (χ4n) is 2.98. The Morgan fingerprint density at radius 3 is 2.50 bits per heavy atom. The van der Waals surface area contributed by atoms with Crippen molar-refractivity contribution in [2.24, 2.45) is 0 Å². The first-order valence-electron chi connectivity index (χ1n) is 8.10. The second kappa shape index (κ2) is 6.32. The number of amides is 1. The van der Waals surface area contributed by atoms with Crippen molar-refractivity contribution < 1.29 is 9.18 Å². The van der Waals surface area contributed by atoms with Crippen molar-refractivity contribution in [1.29, 1.82) is 0 Å². The first kappa shape index (κ1) is 15.3. The molecule has 1 saturated heterocycles. The molecule has 0 bridgehead atoms. The predicted octanol–water partition coefficient (Wildman–Crippen LogP) is 4.54. The van der Waals surface area contributed by atoms with Crippen LogP contribution in [0.1, 0.15) is 23.2 Å². The van der Waals surface area contributed by atoms with Crippen molar-refractivity contribution >= 4 is 27.5 Å². The van der Waals surface area contributed by atoms with Crippen molar-refractivity contribution in [2.75, 3.05) is 13.1 Å². The van der Waals surface area contributed by atoms with Gasteiger partial charge in [-0.25, -0.2) is 9.37 Å². The minimum absolute atomic E-state index is 0.0160. The number of fused-ring (bicyclic) bond motifs is 1. The highest BCUT2D eigenvalue weighted by molar-refractivity contribution is 7.21. The van der Waals surface area contributed by atoms with E-state index < -0.39 is 6.17 Å². The number of likely N-dealkylation sites (tertiary alicyclic amines) is 1. The summed E-state index contributed by atoms with van der Waals surface area (Å²) in [6, 6.07) is 15.6. The summed E-state index contributed by atoms with van der Waals surface area (Å²) in [4.78, 5) is 18.9. The summed E-state index contributed by atoms with van der Waals surface area (Å²) >= 11 is 1.64. The summed E-state index contributed by atoms with van der Waals surface area (Å²) in [5.41, 5.74) is 2.65. The number of aromatic nitrogens is 1. The van der Waals surface area contributed by atoms with E-state index in [0.29, 0.717) is 31.5 Å². The number of carbonyl (C=O) groups excluding carboxylic acids is 1. The van der Waals surface area contributed by atoms with E-state index in [-0.39, 0.29) is 5.91 Å². The van der Waals surface area contributed by atoms with Crippen molar-refractivity contribution in [3.05, 3.63) is 54.1 Å². The Morgan fingerprint density at radius 1 is 1.08 bits per heavy atom. The summed E-state index contributed by atoms with van der Waals surface area (Å²) in [5.74, 6) is -0.0160. The van der Waals surface area contributed by atoms with Crippen molar-refractivity contribution in [1.82, 2.24) is 9.88 Å². The lowest BCUT2D eigenvalue weighted by atomic mass is 10.1. The topological polar surface area (TPSA) is 33.2 Å². The van der Waals surface area contributed by atoms with Gasteiger partial charge in [0.1, 0.15) is 11.2 Å². The molecule has 2 heterocycles. The van der Waals surface area contributed by atoms with Crippen LogP contribution in [0.5, 0.6) is 0 Å². The molecular formula is C19H17FN2OS. The summed E-state index contributed by atoms with van der Waals surface area (Å²) in [7, 11) is 0. The van der Waals surface area contributed by atoms with E-state index in [4.69, 9.17) is 0 Å². The Balaban J connectivity index is 1.55. The van der Waals surface area contributed by atoms with Crippen LogP contribution in [0.4, 0.5) is 4.39 Å². The molecule has 122 valence electrons. The standard InChI is InChI=1S/C19H17FN2OS/c20-15-9-11-22(12-10-15)19(23)14-7-5-13(6-8-14)18-21-16-3-1-2-4-17(16)24-18/h1-8,15H,9-12H2. The lowest BCUT2D eigenvalue weighted by Gasteiger charge is -2.28. The van der Waals surface area contributed by atoms with Gasteiger partial charge in [-0.05, 0) is 37.1 Å². The SMILES string of the molecule is O=C(c1ccc(-c2nc3ccccc3s2)cc1)N1CCC(F)CC1. The van der Waals surface area contributed by atoms with Gasteiger partial charge in [-0.1, -0.05) is 24.3 Å². The summed E-state index contributed by atoms with van der Waals surface area (Å²) in [5, 5.41) is 0.952. The average Bonchev–Trinajstić information content (AvgIpc) is 3.06. The number of alkyl halides is 1. The number of para-hydroxylation sites is 1. The Bertz CT molecular complexity index is 833. The zero-order valence-corrected chi connectivity index (χ0v) is 13.9. The number of benzene rings is 2. The van der Waals surface area contributed by atoms with Crippen LogP contribution in [0, 0.1) is 0 Å². The smallest absolute Gasteiger partial charge is 0.253 e. The Hall–Kier alpha value is -2.27. The van der Waals surface area contributed by atoms with Crippen LogP contribution in [0.25, 0.3) is 20.8 Å². The maximum absolute atomic E-state index is 13.2. The van der Waals surface area contributed by atoms with Crippen LogP contribution in [-0.2, 0) is 0 Å². The minimum Gasteiger partial charge on any atom is -0.338 e. The Morgan fingerprint density at radius 2 is 1.79 bits per heavy atom. The van der Waals surface area contributed by atoms with E-state index >= 15 is 0 Å². The molecule has 1 fully saturated rings. The third-order valence-electron chi connectivity index (χ3n) is 4.38. The third-order valence-corrected chi connectivity index (χ3v) is 5.47. The molecule has 0 radical (unpaired) electrons. The lowest BCUT2D eigenvalue weighted by Crippen LogP contribution is -2.39. The number of halogens is 1. The number of piperidine rings is 1. The summed E-state index contributed by atoms with van der Waals surface area (Å²) in [6.07, 6.45) is 0.112. The minimum atomic E-state index is -0.768. The largest absolute Gasteiger partial charge is 0.338 e. The number of carbonyl (C=O) groups is 1. The molecule has 0 atom stereocenters. The van der Waals surface area contributed by atoms with E-state index in [1.807, 2.05) is 42.5 Å². The quantitative estimate of drug-likeness (QED) is 0.686. The highest BCUT2D eigenvalue weighted by atomic mass is 32.1. The molecule has 24 heavy (non-hydrogen) atoms. The molecule has 2 aromatic carbocycles. The predicted molar refractivity (Wildman–Crippen MR) is 95.1 cm³/mol. The van der Waals surface area contributed by atoms with Gasteiger partial charge in [-0.3, -0.25) is 4.79 Å². The van der Waals surface area contributed by atoms with Gasteiger partial charge >= 0.3 is 0 Å². The van der Waals surface area contributed by atoms with Crippen LogP contribution >= 0.6 is 11.3 Å². The van der Waals surface area contributed by atoms with Gasteiger partial charge in [0.05, 0.1) is 10.2 Å². The molecule has 0 saturated carbocycles. The maximum Gasteiger partial charge on any atom is 0.253 e. The molecule has 4 rings (SSSR count). The molecule has 1 aliphatic rings. The molecule has 3 aromatic rings. The normalized spacial score (nSPS) is 15.8. The van der Waals surface area contributed by atoms with Gasteiger partial charge in [0.15, 0.2) is 0 Å². The van der Waals surface area contributed by atoms with Gasteiger partial charge in [0.2, 0.25) is 0 Å². The zero-order valence-electron chi connectivity index (χ0n) is 13.1. The number of hydrogen-bond acceptors (Lipinski definition) is 3. The van der Waals surface area contributed by atoms with Gasteiger partial charge < -0.3 is 4.90 Å². The summed E-state index contributed by atoms with van der Waals surface area (Å²) < 4.78 is 14.4. The van der Waals surface area contributed by atoms with Crippen molar-refractivity contribution in [3.8, 4) is 10.6 Å². The van der Waals surface area contributed by atoms with Gasteiger partial charge in [0.25, 0.3) is 5.91 Å². The molecule has 0 unspecified atom stereocenters. The molecule has 1 aromatic heterocycles. The molecule has 5 heteroatoms. The molecule has 0 spiro atoms. The summed E-state index contributed by atoms with van der Waals surface area (Å²) in [6.45, 7) is 0.999.